The minimum atomic E-state index is -1.04. The van der Waals surface area contributed by atoms with Gasteiger partial charge in [-0.05, 0) is 36.5 Å². The van der Waals surface area contributed by atoms with E-state index in [1.165, 1.54) is 6.07 Å². The number of amides is 4. The third-order valence-electron chi connectivity index (χ3n) is 4.70. The van der Waals surface area contributed by atoms with Crippen molar-refractivity contribution in [2.75, 3.05) is 0 Å². The molecule has 0 aromatic heterocycles. The molecule has 1 aromatic rings. The van der Waals surface area contributed by atoms with Gasteiger partial charge >= 0.3 is 0 Å². The van der Waals surface area contributed by atoms with Crippen LogP contribution in [0.2, 0.25) is 0 Å². The van der Waals surface area contributed by atoms with Gasteiger partial charge in [0.15, 0.2) is 0 Å². The van der Waals surface area contributed by atoms with Gasteiger partial charge in [-0.3, -0.25) is 29.4 Å². The molecule has 2 unspecified atom stereocenters. The van der Waals surface area contributed by atoms with Crippen LogP contribution in [0.5, 0.6) is 0 Å². The van der Waals surface area contributed by atoms with Crippen LogP contribution >= 0.6 is 0 Å². The van der Waals surface area contributed by atoms with E-state index in [1.807, 2.05) is 13.8 Å². The molecule has 1 saturated heterocycles. The van der Waals surface area contributed by atoms with Crippen molar-refractivity contribution in [2.24, 2.45) is 0 Å². The lowest BCUT2D eigenvalue weighted by molar-refractivity contribution is -0.136. The number of benzene rings is 1. The molecule has 126 valence electrons. The van der Waals surface area contributed by atoms with E-state index < -0.39 is 35.5 Å². The van der Waals surface area contributed by atoms with E-state index in [9.17, 15) is 23.6 Å². The SMILES string of the molecule is CCC(C)c1cc2c(cc1F)C(=O)N(C1CCC(=O)NC1=O)C2=O. The zero-order valence-corrected chi connectivity index (χ0v) is 13.4. The van der Waals surface area contributed by atoms with Crippen molar-refractivity contribution >= 4 is 23.6 Å². The standard InChI is InChI=1S/C17H17FN2O4/c1-3-8(2)9-6-10-11(7-12(9)18)17(24)20(16(10)23)13-4-5-14(21)19-15(13)22/h6-8,13H,3-5H2,1-2H3,(H,19,21,22). The molecule has 1 N–H and O–H groups in total. The molecular formula is C17H17FN2O4. The summed E-state index contributed by atoms with van der Waals surface area (Å²) in [7, 11) is 0. The van der Waals surface area contributed by atoms with Crippen LogP contribution in [-0.4, -0.2) is 34.6 Å². The van der Waals surface area contributed by atoms with Gasteiger partial charge in [-0.2, -0.15) is 0 Å². The van der Waals surface area contributed by atoms with E-state index in [4.69, 9.17) is 0 Å². The predicted octanol–water partition coefficient (Wildman–Crippen LogP) is 1.74. The first-order chi connectivity index (χ1) is 11.3. The van der Waals surface area contributed by atoms with Crippen molar-refractivity contribution < 1.29 is 23.6 Å². The first kappa shape index (κ1) is 16.3. The molecular weight excluding hydrogens is 315 g/mol. The maximum Gasteiger partial charge on any atom is 0.262 e. The topological polar surface area (TPSA) is 83.6 Å². The second-order valence-corrected chi connectivity index (χ2v) is 6.18. The number of nitrogens with zero attached hydrogens (tertiary/aromatic N) is 1. The highest BCUT2D eigenvalue weighted by Gasteiger charge is 2.45. The van der Waals surface area contributed by atoms with Crippen molar-refractivity contribution in [3.63, 3.8) is 0 Å². The lowest BCUT2D eigenvalue weighted by Gasteiger charge is -2.27. The van der Waals surface area contributed by atoms with Crippen LogP contribution in [0.3, 0.4) is 0 Å². The molecule has 0 aliphatic carbocycles. The van der Waals surface area contributed by atoms with Gasteiger partial charge in [-0.15, -0.1) is 0 Å². The highest BCUT2D eigenvalue weighted by atomic mass is 19.1. The summed E-state index contributed by atoms with van der Waals surface area (Å²) in [5.74, 6) is -3.05. The van der Waals surface area contributed by atoms with Crippen LogP contribution in [-0.2, 0) is 9.59 Å². The summed E-state index contributed by atoms with van der Waals surface area (Å²) >= 11 is 0. The van der Waals surface area contributed by atoms with Gasteiger partial charge in [0.25, 0.3) is 11.8 Å². The minimum Gasteiger partial charge on any atom is -0.295 e. The number of carbonyl (C=O) groups is 4. The Bertz CT molecular complexity index is 774. The fourth-order valence-corrected chi connectivity index (χ4v) is 3.10. The summed E-state index contributed by atoms with van der Waals surface area (Å²) in [5, 5.41) is 2.13. The number of hydrogen-bond donors (Lipinski definition) is 1. The average molecular weight is 332 g/mol. The van der Waals surface area contributed by atoms with Gasteiger partial charge < -0.3 is 0 Å². The van der Waals surface area contributed by atoms with Gasteiger partial charge in [0.2, 0.25) is 11.8 Å². The number of rotatable bonds is 3. The molecule has 1 aromatic carbocycles. The molecule has 1 fully saturated rings. The molecule has 4 amide bonds. The van der Waals surface area contributed by atoms with Crippen molar-refractivity contribution in [1.82, 2.24) is 10.2 Å². The fourth-order valence-electron chi connectivity index (χ4n) is 3.10. The Labute approximate surface area is 138 Å². The largest absolute Gasteiger partial charge is 0.295 e. The van der Waals surface area contributed by atoms with Gasteiger partial charge in [-0.1, -0.05) is 13.8 Å². The summed E-state index contributed by atoms with van der Waals surface area (Å²) in [4.78, 5) is 49.2. The number of imide groups is 2. The molecule has 2 atom stereocenters. The Hall–Kier alpha value is -2.57. The quantitative estimate of drug-likeness (QED) is 0.855. The second kappa shape index (κ2) is 5.81. The Morgan fingerprint density at radius 1 is 1.21 bits per heavy atom. The fraction of sp³-hybridized carbons (Fsp3) is 0.412. The van der Waals surface area contributed by atoms with Gasteiger partial charge in [0, 0.05) is 6.42 Å². The van der Waals surface area contributed by atoms with Gasteiger partial charge in [0.1, 0.15) is 11.9 Å². The van der Waals surface area contributed by atoms with Crippen LogP contribution in [0, 0.1) is 5.82 Å². The number of carbonyl (C=O) groups excluding carboxylic acids is 4. The molecule has 24 heavy (non-hydrogen) atoms. The smallest absolute Gasteiger partial charge is 0.262 e. The van der Waals surface area contributed by atoms with E-state index in [-0.39, 0.29) is 29.9 Å². The van der Waals surface area contributed by atoms with E-state index in [0.29, 0.717) is 12.0 Å². The summed E-state index contributed by atoms with van der Waals surface area (Å²) < 4.78 is 14.3. The molecule has 0 saturated carbocycles. The third-order valence-corrected chi connectivity index (χ3v) is 4.70. The van der Waals surface area contributed by atoms with Crippen LogP contribution < -0.4 is 5.32 Å². The average Bonchev–Trinajstić information content (AvgIpc) is 2.77. The lowest BCUT2D eigenvalue weighted by Crippen LogP contribution is -2.54. The van der Waals surface area contributed by atoms with Gasteiger partial charge in [0.05, 0.1) is 11.1 Å². The summed E-state index contributed by atoms with van der Waals surface area (Å²) in [6.45, 7) is 3.74. The zero-order chi connectivity index (χ0) is 17.6. The molecule has 3 rings (SSSR count). The molecule has 6 nitrogen and oxygen atoms in total. The molecule has 0 radical (unpaired) electrons. The predicted molar refractivity (Wildman–Crippen MR) is 81.8 cm³/mol. The number of fused-ring (bicyclic) bond motifs is 1. The Balaban J connectivity index is 1.99. The normalized spacial score (nSPS) is 21.8. The van der Waals surface area contributed by atoms with E-state index in [1.54, 1.807) is 0 Å². The highest BCUT2D eigenvalue weighted by Crippen LogP contribution is 2.32. The molecule has 7 heteroatoms. The summed E-state index contributed by atoms with van der Waals surface area (Å²) in [6, 6.07) is 1.44. The number of nitrogens with one attached hydrogen (secondary N) is 1. The molecule has 0 bridgehead atoms. The van der Waals surface area contributed by atoms with Crippen LogP contribution in [0.4, 0.5) is 4.39 Å². The van der Waals surface area contributed by atoms with Crippen LogP contribution in [0.15, 0.2) is 12.1 Å². The number of halogens is 1. The Morgan fingerprint density at radius 2 is 1.83 bits per heavy atom. The van der Waals surface area contributed by atoms with Crippen molar-refractivity contribution in [2.45, 2.75) is 45.1 Å². The Kier molecular flexibility index (Phi) is 3.95. The molecule has 2 heterocycles. The molecule has 2 aliphatic heterocycles. The summed E-state index contributed by atoms with van der Waals surface area (Å²) in [6.07, 6.45) is 0.821. The van der Waals surface area contributed by atoms with Crippen molar-refractivity contribution in [3.05, 3.63) is 34.6 Å². The number of hydrogen-bond acceptors (Lipinski definition) is 4. The van der Waals surface area contributed by atoms with Crippen molar-refractivity contribution in [3.8, 4) is 0 Å². The maximum absolute atomic E-state index is 14.3. The lowest BCUT2D eigenvalue weighted by atomic mass is 9.94. The highest BCUT2D eigenvalue weighted by molar-refractivity contribution is 6.23. The first-order valence-corrected chi connectivity index (χ1v) is 7.90. The first-order valence-electron chi connectivity index (χ1n) is 7.90. The van der Waals surface area contributed by atoms with Crippen molar-refractivity contribution in [1.29, 1.82) is 0 Å². The van der Waals surface area contributed by atoms with E-state index in [2.05, 4.69) is 5.32 Å². The van der Waals surface area contributed by atoms with Gasteiger partial charge in [-0.25, -0.2) is 4.39 Å². The summed E-state index contributed by atoms with van der Waals surface area (Å²) in [5.41, 5.74) is 0.457. The third kappa shape index (κ3) is 2.40. The monoisotopic (exact) mass is 332 g/mol. The second-order valence-electron chi connectivity index (χ2n) is 6.18. The van der Waals surface area contributed by atoms with Crippen LogP contribution in [0.25, 0.3) is 0 Å². The molecule has 0 spiro atoms. The van der Waals surface area contributed by atoms with Crippen LogP contribution in [0.1, 0.15) is 65.3 Å². The number of piperidine rings is 1. The minimum absolute atomic E-state index is 0.0331. The van der Waals surface area contributed by atoms with E-state index in [0.717, 1.165) is 11.0 Å². The maximum atomic E-state index is 14.3. The Morgan fingerprint density at radius 3 is 2.42 bits per heavy atom. The zero-order valence-electron chi connectivity index (χ0n) is 13.4. The molecule has 2 aliphatic rings. The van der Waals surface area contributed by atoms with E-state index >= 15 is 0 Å².